The zero-order valence-electron chi connectivity index (χ0n) is 10.4. The summed E-state index contributed by atoms with van der Waals surface area (Å²) in [4.78, 5) is 5.48. The molecule has 1 atom stereocenters. The number of aromatic nitrogens is 2. The third-order valence-corrected chi connectivity index (χ3v) is 4.58. The summed E-state index contributed by atoms with van der Waals surface area (Å²) in [5.41, 5.74) is 0.836. The van der Waals surface area contributed by atoms with Crippen molar-refractivity contribution >= 4 is 32.2 Å². The second-order valence-electron chi connectivity index (χ2n) is 4.76. The summed E-state index contributed by atoms with van der Waals surface area (Å²) in [6.07, 6.45) is 4.44. The molecular weight excluding hydrogens is 324 g/mol. The molecule has 98 valence electrons. The number of hydrogen-bond donors (Lipinski definition) is 1. The third-order valence-electron chi connectivity index (χ3n) is 3.12. The Labute approximate surface area is 123 Å². The molecule has 1 aromatic carbocycles. The van der Waals surface area contributed by atoms with E-state index in [1.807, 2.05) is 53.4 Å². The van der Waals surface area contributed by atoms with Gasteiger partial charge in [-0.15, -0.1) is 11.3 Å². The number of nitrogens with zero attached hydrogens (tertiary/aromatic N) is 2. The monoisotopic (exact) mass is 336 g/mol. The summed E-state index contributed by atoms with van der Waals surface area (Å²) in [7, 11) is 0. The van der Waals surface area contributed by atoms with Crippen LogP contribution in [0.15, 0.2) is 46.5 Å². The van der Waals surface area contributed by atoms with Crippen molar-refractivity contribution < 1.29 is 5.11 Å². The quantitative estimate of drug-likeness (QED) is 0.793. The van der Waals surface area contributed by atoms with Crippen molar-refractivity contribution in [3.63, 3.8) is 0 Å². The molecule has 0 amide bonds. The molecule has 0 radical (unpaired) electrons. The van der Waals surface area contributed by atoms with E-state index in [2.05, 4.69) is 20.9 Å². The van der Waals surface area contributed by atoms with Crippen LogP contribution in [0.4, 0.5) is 0 Å². The molecule has 2 aromatic heterocycles. The summed E-state index contributed by atoms with van der Waals surface area (Å²) >= 11 is 5.08. The van der Waals surface area contributed by atoms with Gasteiger partial charge in [0.15, 0.2) is 4.96 Å². The molecule has 0 bridgehead atoms. The number of halogens is 1. The molecule has 0 saturated carbocycles. The van der Waals surface area contributed by atoms with Gasteiger partial charge in [-0.2, -0.15) is 0 Å². The van der Waals surface area contributed by atoms with Gasteiger partial charge in [0.1, 0.15) is 0 Å². The maximum Gasteiger partial charge on any atom is 0.193 e. The summed E-state index contributed by atoms with van der Waals surface area (Å²) in [6, 6.07) is 7.74. The number of imidazole rings is 1. The van der Waals surface area contributed by atoms with Gasteiger partial charge in [-0.25, -0.2) is 4.98 Å². The lowest BCUT2D eigenvalue weighted by Gasteiger charge is -2.24. The van der Waals surface area contributed by atoms with Crippen LogP contribution in [0.2, 0.25) is 0 Å². The molecule has 1 N–H and O–H groups in total. The zero-order chi connectivity index (χ0) is 13.5. The van der Waals surface area contributed by atoms with Gasteiger partial charge in [0.05, 0.1) is 11.3 Å². The third kappa shape index (κ3) is 2.45. The second-order valence-corrected chi connectivity index (χ2v) is 6.48. The molecule has 0 fully saturated rings. The van der Waals surface area contributed by atoms with Crippen LogP contribution in [0.3, 0.4) is 0 Å². The van der Waals surface area contributed by atoms with Crippen LogP contribution in [0.1, 0.15) is 18.2 Å². The molecule has 3 nitrogen and oxygen atoms in total. The van der Waals surface area contributed by atoms with Gasteiger partial charge in [-0.1, -0.05) is 34.1 Å². The van der Waals surface area contributed by atoms with E-state index in [1.54, 1.807) is 11.3 Å². The molecule has 19 heavy (non-hydrogen) atoms. The highest BCUT2D eigenvalue weighted by atomic mass is 79.9. The highest BCUT2D eigenvalue weighted by Gasteiger charge is 2.26. The Bertz CT molecular complexity index is 688. The summed E-state index contributed by atoms with van der Waals surface area (Å²) in [5.74, 6) is 0. The lowest BCUT2D eigenvalue weighted by molar-refractivity contribution is 0.0560. The van der Waals surface area contributed by atoms with E-state index in [1.165, 1.54) is 0 Å². The predicted octanol–water partition coefficient (Wildman–Crippen LogP) is 3.61. The van der Waals surface area contributed by atoms with Crippen LogP contribution in [0.25, 0.3) is 4.96 Å². The van der Waals surface area contributed by atoms with Gasteiger partial charge >= 0.3 is 0 Å². The first kappa shape index (κ1) is 12.8. The van der Waals surface area contributed by atoms with Crippen LogP contribution in [-0.4, -0.2) is 14.5 Å². The maximum absolute atomic E-state index is 10.7. The predicted molar refractivity (Wildman–Crippen MR) is 80.5 cm³/mol. The minimum atomic E-state index is -0.940. The van der Waals surface area contributed by atoms with E-state index in [0.717, 1.165) is 20.7 Å². The highest BCUT2D eigenvalue weighted by molar-refractivity contribution is 9.10. The Hall–Kier alpha value is -1.17. The first-order chi connectivity index (χ1) is 9.06. The van der Waals surface area contributed by atoms with E-state index in [9.17, 15) is 5.11 Å². The second kappa shape index (κ2) is 4.74. The van der Waals surface area contributed by atoms with E-state index in [0.29, 0.717) is 6.42 Å². The van der Waals surface area contributed by atoms with Crippen molar-refractivity contribution in [2.75, 3.05) is 0 Å². The average molecular weight is 337 g/mol. The van der Waals surface area contributed by atoms with E-state index < -0.39 is 5.60 Å². The van der Waals surface area contributed by atoms with Crippen LogP contribution in [0, 0.1) is 0 Å². The standard InChI is InChI=1S/C14H13BrN2OS/c1-14(18,11-4-2-3-5-12(11)15)8-10-9-17-6-7-19-13(17)16-10/h2-7,9,18H,8H2,1H3. The number of benzene rings is 1. The normalized spacial score (nSPS) is 14.7. The number of fused-ring (bicyclic) bond motifs is 1. The molecule has 0 spiro atoms. The number of rotatable bonds is 3. The summed E-state index contributed by atoms with van der Waals surface area (Å²) in [5, 5.41) is 12.7. The zero-order valence-corrected chi connectivity index (χ0v) is 12.8. The van der Waals surface area contributed by atoms with Gasteiger partial charge in [0.25, 0.3) is 0 Å². The Morgan fingerprint density at radius 1 is 1.42 bits per heavy atom. The molecule has 0 saturated heterocycles. The van der Waals surface area contributed by atoms with Gasteiger partial charge < -0.3 is 5.11 Å². The summed E-state index contributed by atoms with van der Waals surface area (Å²) in [6.45, 7) is 1.82. The van der Waals surface area contributed by atoms with E-state index in [-0.39, 0.29) is 0 Å². The fourth-order valence-corrected chi connectivity index (χ4v) is 3.64. The SMILES string of the molecule is CC(O)(Cc1cn2ccsc2n1)c1ccccc1Br. The van der Waals surface area contributed by atoms with E-state index >= 15 is 0 Å². The van der Waals surface area contributed by atoms with Crippen LogP contribution < -0.4 is 0 Å². The number of aliphatic hydroxyl groups is 1. The maximum atomic E-state index is 10.7. The first-order valence-electron chi connectivity index (χ1n) is 5.95. The van der Waals surface area contributed by atoms with Crippen molar-refractivity contribution in [1.82, 2.24) is 9.38 Å². The Morgan fingerprint density at radius 3 is 2.95 bits per heavy atom. The molecule has 2 heterocycles. The van der Waals surface area contributed by atoms with Gasteiger partial charge in [0.2, 0.25) is 0 Å². The molecule has 0 aliphatic carbocycles. The van der Waals surface area contributed by atoms with Crippen molar-refractivity contribution in [2.24, 2.45) is 0 Å². The minimum absolute atomic E-state index is 0.490. The first-order valence-corrected chi connectivity index (χ1v) is 7.62. The van der Waals surface area contributed by atoms with Crippen molar-refractivity contribution in [3.8, 4) is 0 Å². The lowest BCUT2D eigenvalue weighted by atomic mass is 9.91. The molecule has 0 aliphatic rings. The molecule has 5 heteroatoms. The number of hydrogen-bond acceptors (Lipinski definition) is 3. The minimum Gasteiger partial charge on any atom is -0.385 e. The Morgan fingerprint density at radius 2 is 2.21 bits per heavy atom. The van der Waals surface area contributed by atoms with Gasteiger partial charge in [-0.05, 0) is 18.6 Å². The molecule has 3 aromatic rings. The van der Waals surface area contributed by atoms with Crippen molar-refractivity contribution in [1.29, 1.82) is 0 Å². The summed E-state index contributed by atoms with van der Waals surface area (Å²) < 4.78 is 2.90. The van der Waals surface area contributed by atoms with Crippen molar-refractivity contribution in [2.45, 2.75) is 18.9 Å². The molecule has 1 unspecified atom stereocenters. The Kier molecular flexibility index (Phi) is 3.20. The van der Waals surface area contributed by atoms with Crippen molar-refractivity contribution in [3.05, 3.63) is 57.8 Å². The fourth-order valence-electron chi connectivity index (χ4n) is 2.21. The topological polar surface area (TPSA) is 37.5 Å². The smallest absolute Gasteiger partial charge is 0.193 e. The molecular formula is C14H13BrN2OS. The van der Waals surface area contributed by atoms with Crippen LogP contribution in [0.5, 0.6) is 0 Å². The van der Waals surface area contributed by atoms with Gasteiger partial charge in [-0.3, -0.25) is 4.40 Å². The lowest BCUT2D eigenvalue weighted by Crippen LogP contribution is -2.25. The highest BCUT2D eigenvalue weighted by Crippen LogP contribution is 2.31. The fraction of sp³-hybridized carbons (Fsp3) is 0.214. The Balaban J connectivity index is 1.93. The molecule has 3 rings (SSSR count). The van der Waals surface area contributed by atoms with Crippen LogP contribution in [-0.2, 0) is 12.0 Å². The average Bonchev–Trinajstić information content (AvgIpc) is 2.89. The largest absolute Gasteiger partial charge is 0.385 e. The molecule has 0 aliphatic heterocycles. The van der Waals surface area contributed by atoms with E-state index in [4.69, 9.17) is 0 Å². The number of thiazole rings is 1. The van der Waals surface area contributed by atoms with Crippen LogP contribution >= 0.6 is 27.3 Å². The van der Waals surface area contributed by atoms with Gasteiger partial charge in [0, 0.05) is 28.7 Å².